The van der Waals surface area contributed by atoms with E-state index in [0.29, 0.717) is 24.7 Å². The molecule has 7 nitrogen and oxygen atoms in total. The fourth-order valence-electron chi connectivity index (χ4n) is 2.93. The van der Waals surface area contributed by atoms with Gasteiger partial charge in [0.1, 0.15) is 12.0 Å². The number of aromatic nitrogens is 2. The molecule has 108 valence electrons. The number of β-amino-alcohol motifs (C(OH)–C–C–N with tert-alkyl or cyclic N) is 1. The van der Waals surface area contributed by atoms with Gasteiger partial charge >= 0.3 is 0 Å². The molecule has 3 heterocycles. The number of likely N-dealkylation sites (tertiary alicyclic amines) is 1. The highest BCUT2D eigenvalue weighted by Gasteiger charge is 2.34. The Morgan fingerprint density at radius 2 is 2.30 bits per heavy atom. The van der Waals surface area contributed by atoms with Gasteiger partial charge in [-0.15, -0.1) is 0 Å². The first-order valence-electron chi connectivity index (χ1n) is 6.73. The van der Waals surface area contributed by atoms with Crippen molar-refractivity contribution in [1.29, 1.82) is 0 Å². The number of fused-ring (bicyclic) bond motifs is 1. The van der Waals surface area contributed by atoms with Crippen LogP contribution >= 0.6 is 0 Å². The summed E-state index contributed by atoms with van der Waals surface area (Å²) < 4.78 is 5.14. The van der Waals surface area contributed by atoms with E-state index in [1.165, 1.54) is 6.33 Å². The van der Waals surface area contributed by atoms with Crippen LogP contribution < -0.4 is 5.73 Å². The second-order valence-electron chi connectivity index (χ2n) is 5.38. The van der Waals surface area contributed by atoms with Crippen molar-refractivity contribution in [3.05, 3.63) is 12.0 Å². The van der Waals surface area contributed by atoms with Crippen molar-refractivity contribution >= 4 is 17.7 Å². The van der Waals surface area contributed by atoms with E-state index in [0.717, 1.165) is 18.8 Å². The number of methoxy groups -OCH3 is 1. The van der Waals surface area contributed by atoms with Crippen LogP contribution in [0.2, 0.25) is 0 Å². The number of aliphatic hydroxyl groups is 1. The van der Waals surface area contributed by atoms with Gasteiger partial charge in [0.25, 0.3) is 0 Å². The van der Waals surface area contributed by atoms with Gasteiger partial charge in [0, 0.05) is 38.9 Å². The molecule has 0 aliphatic carbocycles. The lowest BCUT2D eigenvalue weighted by Crippen LogP contribution is -2.27. The predicted octanol–water partition coefficient (Wildman–Crippen LogP) is -0.203. The molecule has 0 amide bonds. The summed E-state index contributed by atoms with van der Waals surface area (Å²) in [6.07, 6.45) is 3.01. The third-order valence-corrected chi connectivity index (χ3v) is 3.93. The molecule has 7 heteroatoms. The van der Waals surface area contributed by atoms with E-state index < -0.39 is 0 Å². The molecule has 1 fully saturated rings. The van der Waals surface area contributed by atoms with Gasteiger partial charge in [0.15, 0.2) is 5.82 Å². The number of nitrogens with zero attached hydrogens (tertiary/aromatic N) is 4. The fraction of sp³-hybridized carbons (Fsp3) is 0.615. The normalized spacial score (nSPS) is 29.0. The van der Waals surface area contributed by atoms with Crippen LogP contribution in [0.4, 0.5) is 11.5 Å². The van der Waals surface area contributed by atoms with Crippen molar-refractivity contribution < 1.29 is 9.84 Å². The second kappa shape index (κ2) is 5.43. The van der Waals surface area contributed by atoms with Gasteiger partial charge in [-0.1, -0.05) is 0 Å². The summed E-state index contributed by atoms with van der Waals surface area (Å²) in [5.74, 6) is 0.713. The van der Waals surface area contributed by atoms with Crippen LogP contribution in [0.1, 0.15) is 11.6 Å². The van der Waals surface area contributed by atoms with E-state index in [1.807, 2.05) is 6.21 Å². The maximum Gasteiger partial charge on any atom is 0.153 e. The molecule has 1 saturated heterocycles. The van der Waals surface area contributed by atoms with E-state index in [9.17, 15) is 5.11 Å². The SMILES string of the molecule is COC[C@H]1CN(CC2C=Nc3c(N)ncnc32)C[C@@H]1O. The van der Waals surface area contributed by atoms with Gasteiger partial charge in [-0.3, -0.25) is 9.89 Å². The van der Waals surface area contributed by atoms with Crippen molar-refractivity contribution in [2.24, 2.45) is 10.9 Å². The maximum absolute atomic E-state index is 10.0. The Morgan fingerprint density at radius 3 is 3.10 bits per heavy atom. The molecule has 3 rings (SSSR count). The summed E-state index contributed by atoms with van der Waals surface area (Å²) in [6, 6.07) is 0. The van der Waals surface area contributed by atoms with Crippen molar-refractivity contribution in [2.75, 3.05) is 39.1 Å². The minimum absolute atomic E-state index is 0.115. The van der Waals surface area contributed by atoms with Gasteiger partial charge in [-0.2, -0.15) is 0 Å². The minimum Gasteiger partial charge on any atom is -0.391 e. The average Bonchev–Trinajstić information content (AvgIpc) is 2.97. The summed E-state index contributed by atoms with van der Waals surface area (Å²) >= 11 is 0. The third-order valence-electron chi connectivity index (χ3n) is 3.93. The first-order valence-corrected chi connectivity index (χ1v) is 6.73. The summed E-state index contributed by atoms with van der Waals surface area (Å²) in [5, 5.41) is 10.0. The Morgan fingerprint density at radius 1 is 1.45 bits per heavy atom. The highest BCUT2D eigenvalue weighted by molar-refractivity contribution is 5.83. The summed E-state index contributed by atoms with van der Waals surface area (Å²) in [7, 11) is 1.66. The van der Waals surface area contributed by atoms with Crippen LogP contribution in [0.5, 0.6) is 0 Å². The van der Waals surface area contributed by atoms with Gasteiger partial charge in [-0.25, -0.2) is 9.97 Å². The molecule has 0 radical (unpaired) electrons. The Kier molecular flexibility index (Phi) is 3.64. The molecular formula is C13H19N5O2. The fourth-order valence-corrected chi connectivity index (χ4v) is 2.93. The monoisotopic (exact) mass is 277 g/mol. The van der Waals surface area contributed by atoms with Crippen LogP contribution in [0.3, 0.4) is 0 Å². The standard InChI is InChI=1S/C13H19N5O2/c1-20-6-9-4-18(5-10(9)19)3-8-2-15-12-11(8)16-7-17-13(12)14/h2,7-10,19H,3-6H2,1H3,(H2,14,16,17)/t8?,9-,10+/m1/s1. The highest BCUT2D eigenvalue weighted by Crippen LogP contribution is 2.34. The maximum atomic E-state index is 10.0. The van der Waals surface area contributed by atoms with Gasteiger partial charge in [-0.05, 0) is 0 Å². The molecule has 2 aliphatic heterocycles. The molecule has 3 N–H and O–H groups in total. The number of nitrogen functional groups attached to an aromatic ring is 1. The van der Waals surface area contributed by atoms with Crippen LogP contribution in [-0.2, 0) is 4.74 Å². The molecule has 1 unspecified atom stereocenters. The molecule has 0 aromatic carbocycles. The zero-order valence-electron chi connectivity index (χ0n) is 11.4. The quantitative estimate of drug-likeness (QED) is 0.791. The number of aliphatic imine (C=N–C) groups is 1. The lowest BCUT2D eigenvalue weighted by Gasteiger charge is -2.18. The first-order chi connectivity index (χ1) is 9.69. The van der Waals surface area contributed by atoms with Gasteiger partial charge < -0.3 is 15.6 Å². The first kappa shape index (κ1) is 13.4. The van der Waals surface area contributed by atoms with E-state index in [1.54, 1.807) is 7.11 Å². The molecule has 20 heavy (non-hydrogen) atoms. The molecule has 0 saturated carbocycles. The Balaban J connectivity index is 1.67. The van der Waals surface area contributed by atoms with Crippen LogP contribution in [-0.4, -0.2) is 65.6 Å². The van der Waals surface area contributed by atoms with Crippen molar-refractivity contribution in [2.45, 2.75) is 12.0 Å². The van der Waals surface area contributed by atoms with E-state index in [2.05, 4.69) is 19.9 Å². The molecule has 1 aromatic heterocycles. The predicted molar refractivity (Wildman–Crippen MR) is 75.2 cm³/mol. The molecule has 0 bridgehead atoms. The number of hydrogen-bond donors (Lipinski definition) is 2. The zero-order chi connectivity index (χ0) is 14.1. The number of anilines is 1. The molecule has 2 aliphatic rings. The molecule has 0 spiro atoms. The van der Waals surface area contributed by atoms with Crippen molar-refractivity contribution in [1.82, 2.24) is 14.9 Å². The number of ether oxygens (including phenoxy) is 1. The van der Waals surface area contributed by atoms with E-state index in [-0.39, 0.29) is 17.9 Å². The summed E-state index contributed by atoms with van der Waals surface area (Å²) in [5.41, 5.74) is 7.35. The molecular weight excluding hydrogens is 258 g/mol. The number of rotatable bonds is 4. The third kappa shape index (κ3) is 2.39. The second-order valence-corrected chi connectivity index (χ2v) is 5.38. The average molecular weight is 277 g/mol. The zero-order valence-corrected chi connectivity index (χ0v) is 11.4. The van der Waals surface area contributed by atoms with Crippen LogP contribution in [0, 0.1) is 5.92 Å². The van der Waals surface area contributed by atoms with Gasteiger partial charge in [0.2, 0.25) is 0 Å². The highest BCUT2D eigenvalue weighted by atomic mass is 16.5. The number of nitrogens with two attached hydrogens (primary N) is 1. The molecule has 3 atom stereocenters. The smallest absolute Gasteiger partial charge is 0.153 e. The van der Waals surface area contributed by atoms with E-state index in [4.69, 9.17) is 10.5 Å². The topological polar surface area (TPSA) is 96.9 Å². The summed E-state index contributed by atoms with van der Waals surface area (Å²) in [4.78, 5) is 14.8. The Bertz CT molecular complexity index is 521. The van der Waals surface area contributed by atoms with E-state index >= 15 is 0 Å². The Hall–Kier alpha value is -1.57. The van der Waals surface area contributed by atoms with Crippen LogP contribution in [0.15, 0.2) is 11.3 Å². The number of hydrogen-bond acceptors (Lipinski definition) is 7. The van der Waals surface area contributed by atoms with Crippen LogP contribution in [0.25, 0.3) is 0 Å². The largest absolute Gasteiger partial charge is 0.391 e. The van der Waals surface area contributed by atoms with Crippen molar-refractivity contribution in [3.63, 3.8) is 0 Å². The lowest BCUT2D eigenvalue weighted by molar-refractivity contribution is 0.0791. The van der Waals surface area contributed by atoms with Crippen molar-refractivity contribution in [3.8, 4) is 0 Å². The minimum atomic E-state index is -0.330. The van der Waals surface area contributed by atoms with Gasteiger partial charge in [0.05, 0.1) is 24.3 Å². The molecule has 1 aromatic rings. The summed E-state index contributed by atoms with van der Waals surface area (Å²) in [6.45, 7) is 2.86. The number of aliphatic hydroxyl groups excluding tert-OH is 1. The lowest BCUT2D eigenvalue weighted by atomic mass is 10.1. The Labute approximate surface area is 117 Å².